The number of methoxy groups -OCH3 is 1. The molecule has 9 fully saturated rings. The van der Waals surface area contributed by atoms with Gasteiger partial charge in [0.1, 0.15) is 17.3 Å². The quantitative estimate of drug-likeness (QED) is 0.0358. The van der Waals surface area contributed by atoms with Crippen LogP contribution >= 0.6 is 0 Å². The zero-order valence-corrected chi connectivity index (χ0v) is 50.0. The minimum Gasteiger partial charge on any atom is -0.743 e. The van der Waals surface area contributed by atoms with Gasteiger partial charge in [0.05, 0.1) is 42.0 Å². The summed E-state index contributed by atoms with van der Waals surface area (Å²) >= 11 is 0. The third-order valence-electron chi connectivity index (χ3n) is 17.1. The number of carbonyl (C=O) groups excluding carboxylic acids is 3. The Balaban J connectivity index is 0.000000143. The number of alkyl halides is 4. The van der Waals surface area contributed by atoms with E-state index in [0.717, 1.165) is 74.6 Å². The topological polar surface area (TPSA) is 203 Å². The molecule has 1 atom stereocenters. The van der Waals surface area contributed by atoms with Crippen LogP contribution in [0.1, 0.15) is 108 Å². The molecule has 4 aromatic carbocycles. The smallest absolute Gasteiger partial charge is 0.367 e. The molecule has 8 aliphatic carbocycles. The van der Waals surface area contributed by atoms with Crippen LogP contribution in [0.25, 0.3) is 0 Å². The number of carbonyl (C=O) groups is 3. The van der Waals surface area contributed by atoms with Crippen LogP contribution in [0.15, 0.2) is 130 Å². The molecule has 1 heterocycles. The highest BCUT2D eigenvalue weighted by Gasteiger charge is 2.58. The lowest BCUT2D eigenvalue weighted by atomic mass is 9.49. The normalized spacial score (nSPS) is 26.9. The summed E-state index contributed by atoms with van der Waals surface area (Å²) < 4.78 is 135. The molecule has 4 aromatic rings. The van der Waals surface area contributed by atoms with Gasteiger partial charge in [-0.05, 0) is 173 Å². The van der Waals surface area contributed by atoms with E-state index >= 15 is 0 Å². The Morgan fingerprint density at radius 3 is 1.17 bits per heavy atom. The van der Waals surface area contributed by atoms with Crippen molar-refractivity contribution in [3.05, 3.63) is 121 Å². The average molecular weight is 1220 g/mol. The highest BCUT2D eigenvalue weighted by molar-refractivity contribution is 7.98. The van der Waals surface area contributed by atoms with Crippen molar-refractivity contribution in [1.29, 1.82) is 0 Å². The first-order valence-corrected chi connectivity index (χ1v) is 33.6. The summed E-state index contributed by atoms with van der Waals surface area (Å²) in [5, 5.41) is -9.06. The van der Waals surface area contributed by atoms with E-state index in [1.165, 1.54) is 14.7 Å². The summed E-state index contributed by atoms with van der Waals surface area (Å²) in [6.45, 7) is 4.71. The fourth-order valence-corrected chi connectivity index (χ4v) is 19.6. The summed E-state index contributed by atoms with van der Waals surface area (Å²) in [6, 6.07) is 39.6. The molecule has 8 saturated carbocycles. The first-order chi connectivity index (χ1) is 38.6. The molecule has 448 valence electrons. The van der Waals surface area contributed by atoms with Gasteiger partial charge in [0.2, 0.25) is 5.78 Å². The summed E-state index contributed by atoms with van der Waals surface area (Å²) in [6.07, 6.45) is 10.3. The largest absolute Gasteiger partial charge is 0.743 e. The molecule has 8 bridgehead atoms. The number of hydrogen-bond acceptors (Lipinski definition) is 13. The number of hydrogen-bond donors (Lipinski definition) is 0. The van der Waals surface area contributed by atoms with Crippen LogP contribution in [0.3, 0.4) is 0 Å². The van der Waals surface area contributed by atoms with Gasteiger partial charge < -0.3 is 28.1 Å². The molecule has 1 saturated heterocycles. The van der Waals surface area contributed by atoms with E-state index in [-0.39, 0.29) is 38.2 Å². The Labute approximate surface area is 485 Å². The Hall–Kier alpha value is -4.51. The van der Waals surface area contributed by atoms with Gasteiger partial charge in [-0.25, -0.2) is 16.8 Å². The van der Waals surface area contributed by atoms with Gasteiger partial charge in [0, 0.05) is 21.9 Å². The fourth-order valence-electron chi connectivity index (χ4n) is 14.3. The van der Waals surface area contributed by atoms with Crippen LogP contribution in [0.5, 0.6) is 5.75 Å². The number of esters is 2. The molecule has 0 N–H and O–H groups in total. The van der Waals surface area contributed by atoms with Crippen LogP contribution in [0, 0.1) is 51.8 Å². The van der Waals surface area contributed by atoms with Crippen molar-refractivity contribution in [3.63, 3.8) is 0 Å². The van der Waals surface area contributed by atoms with Gasteiger partial charge in [-0.3, -0.25) is 14.4 Å². The van der Waals surface area contributed by atoms with Crippen LogP contribution in [0.2, 0.25) is 0 Å². The van der Waals surface area contributed by atoms with Gasteiger partial charge in [-0.2, -0.15) is 17.6 Å². The maximum Gasteiger partial charge on any atom is 0.367 e. The fraction of sp³-hybridized carbons (Fsp3) is 0.557. The number of ketones is 1. The Morgan fingerprint density at radius 2 is 0.890 bits per heavy atom. The summed E-state index contributed by atoms with van der Waals surface area (Å²) in [4.78, 5) is 41.5. The van der Waals surface area contributed by atoms with E-state index in [2.05, 4.69) is 121 Å². The molecule has 9 aliphatic rings. The second-order valence-electron chi connectivity index (χ2n) is 24.4. The van der Waals surface area contributed by atoms with Gasteiger partial charge >= 0.3 is 22.4 Å². The van der Waals surface area contributed by atoms with Gasteiger partial charge in [-0.15, -0.1) is 0 Å². The minimum absolute atomic E-state index is 0.0146. The van der Waals surface area contributed by atoms with Crippen LogP contribution in [-0.4, -0.2) is 104 Å². The number of Topliss-reactive ketones (excluding diaryl/α,β-unsaturated/α-hetero) is 1. The second-order valence-corrected chi connectivity index (χ2v) is 31.8. The average Bonchev–Trinajstić information content (AvgIpc) is 2.71. The summed E-state index contributed by atoms with van der Waals surface area (Å²) in [5.74, 6) is 4.16. The maximum absolute atomic E-state index is 13.1. The Bertz CT molecular complexity index is 2760. The Kier molecular flexibility index (Phi) is 20.1. The van der Waals surface area contributed by atoms with Crippen molar-refractivity contribution in [1.82, 2.24) is 0 Å². The van der Waals surface area contributed by atoms with Crippen molar-refractivity contribution in [3.8, 4) is 5.75 Å². The molecule has 0 radical (unpaired) electrons. The van der Waals surface area contributed by atoms with Gasteiger partial charge in [0.15, 0.2) is 53.4 Å². The van der Waals surface area contributed by atoms with Crippen molar-refractivity contribution >= 4 is 59.7 Å². The minimum atomic E-state index is -5.81. The van der Waals surface area contributed by atoms with Crippen molar-refractivity contribution in [2.45, 2.75) is 128 Å². The van der Waals surface area contributed by atoms with E-state index in [1.807, 2.05) is 24.3 Å². The standard InChI is InChI=1S/C18H15S.C17H25O3S.2C13H18F2O5S/c1-4-10-16(11-5-1)19(17-12-6-2-7-13-17)18-14-8-3-9-15-18;1-17(2,3)16(21-11-9-20-10-12-21)15(18)13-5-7-14(19-4)8-6-13;2*14-13(15,21(17,18)19)7-20-11(16)12-4-8-1-9(5-12)3-10(2-8)6-12/h1-15H;5-8,16H,9-12H2,1-4H3;2*8-10H,1-7H2,(H,17,18,19)/q2*+1;;/p-2. The number of ether oxygens (including phenoxy) is 4. The third kappa shape index (κ3) is 15.3. The van der Waals surface area contributed by atoms with Crippen LogP contribution in [-0.2, 0) is 65.8 Å². The van der Waals surface area contributed by atoms with Crippen molar-refractivity contribution in [2.75, 3.05) is 45.0 Å². The molecular weight excluding hydrogens is 1140 g/mol. The van der Waals surface area contributed by atoms with Crippen LogP contribution in [0.4, 0.5) is 17.6 Å². The molecule has 1 aliphatic heterocycles. The van der Waals surface area contributed by atoms with Gasteiger partial charge in [0.25, 0.3) is 0 Å². The molecule has 0 aromatic heterocycles. The zero-order chi connectivity index (χ0) is 59.3. The van der Waals surface area contributed by atoms with E-state index < -0.39 is 66.7 Å². The number of benzene rings is 4. The summed E-state index contributed by atoms with van der Waals surface area (Å²) in [5.41, 5.74) is -0.721. The first-order valence-electron chi connectivity index (χ1n) is 27.9. The molecule has 13 rings (SSSR count). The molecular formula is C61H74F4O13S4. The van der Waals surface area contributed by atoms with E-state index in [9.17, 15) is 57.9 Å². The highest BCUT2D eigenvalue weighted by Crippen LogP contribution is 2.62. The molecule has 21 heteroatoms. The van der Waals surface area contributed by atoms with Crippen molar-refractivity contribution in [2.24, 2.45) is 51.8 Å². The molecule has 0 spiro atoms. The van der Waals surface area contributed by atoms with E-state index in [0.29, 0.717) is 74.0 Å². The second kappa shape index (κ2) is 26.0. The van der Waals surface area contributed by atoms with Crippen LogP contribution < -0.4 is 4.74 Å². The van der Waals surface area contributed by atoms with Crippen molar-refractivity contribution < 1.29 is 76.8 Å². The highest BCUT2D eigenvalue weighted by atomic mass is 32.2. The zero-order valence-electron chi connectivity index (χ0n) is 46.7. The van der Waals surface area contributed by atoms with E-state index in [1.54, 1.807) is 7.11 Å². The van der Waals surface area contributed by atoms with E-state index in [4.69, 9.17) is 9.47 Å². The molecule has 0 amide bonds. The van der Waals surface area contributed by atoms with Gasteiger partial charge in [-0.1, -0.05) is 75.4 Å². The first kappa shape index (κ1) is 63.5. The lowest BCUT2D eigenvalue weighted by molar-refractivity contribution is -0.177. The summed E-state index contributed by atoms with van der Waals surface area (Å²) in [7, 11) is -9.90. The molecule has 1 unspecified atom stereocenters. The SMILES string of the molecule is COc1ccc(C(=O)C([S+]2CCOCC2)C(C)(C)C)cc1.O=C(OCC(F)(F)S(=O)(=O)[O-])C12CC3CC(CC(C3)C1)C2.O=C(OCC(F)(F)S(=O)(=O)[O-])C12CC3CC(CC(C3)C1)C2.c1ccc([S+](c2ccccc2)c2ccccc2)cc1. The monoisotopic (exact) mass is 1220 g/mol. The lowest BCUT2D eigenvalue weighted by Gasteiger charge is -2.55. The Morgan fingerprint density at radius 1 is 0.573 bits per heavy atom. The third-order valence-corrected chi connectivity index (χ3v) is 24.0. The predicted octanol–water partition coefficient (Wildman–Crippen LogP) is 11.5. The number of halogens is 4. The maximum atomic E-state index is 13.1. The molecule has 13 nitrogen and oxygen atoms in total. The lowest BCUT2D eigenvalue weighted by Crippen LogP contribution is -2.51. The number of rotatable bonds is 15. The predicted molar refractivity (Wildman–Crippen MR) is 302 cm³/mol. The molecule has 82 heavy (non-hydrogen) atoms.